The van der Waals surface area contributed by atoms with Gasteiger partial charge in [0.2, 0.25) is 0 Å². The number of hydrogen-bond donors (Lipinski definition) is 2. The number of aliphatic hydroxyl groups is 1. The molecule has 0 radical (unpaired) electrons. The molecule has 2 rings (SSSR count). The molecule has 118 valence electrons. The fourth-order valence-electron chi connectivity index (χ4n) is 1.95. The van der Waals surface area contributed by atoms with Gasteiger partial charge >= 0.3 is 0 Å². The van der Waals surface area contributed by atoms with Crippen molar-refractivity contribution in [2.24, 2.45) is 0 Å². The highest BCUT2D eigenvalue weighted by Crippen LogP contribution is 2.21. The quantitative estimate of drug-likeness (QED) is 0.819. The van der Waals surface area contributed by atoms with E-state index in [0.717, 1.165) is 5.56 Å². The molecule has 0 aliphatic rings. The van der Waals surface area contributed by atoms with Crippen LogP contribution in [0.1, 0.15) is 18.1 Å². The zero-order valence-corrected chi connectivity index (χ0v) is 13.1. The highest BCUT2D eigenvalue weighted by atomic mass is 35.5. The Morgan fingerprint density at radius 3 is 2.59 bits per heavy atom. The molecular weight excluding hydrogens is 305 g/mol. The molecule has 22 heavy (non-hydrogen) atoms. The van der Waals surface area contributed by atoms with Gasteiger partial charge in [0.1, 0.15) is 18.2 Å². The van der Waals surface area contributed by atoms with Crippen LogP contribution >= 0.6 is 11.6 Å². The van der Waals surface area contributed by atoms with E-state index in [-0.39, 0.29) is 18.5 Å². The molecule has 3 nitrogen and oxygen atoms in total. The highest BCUT2D eigenvalue weighted by molar-refractivity contribution is 6.31. The lowest BCUT2D eigenvalue weighted by Gasteiger charge is -2.10. The van der Waals surface area contributed by atoms with Crippen molar-refractivity contribution in [1.82, 2.24) is 5.32 Å². The van der Waals surface area contributed by atoms with Crippen LogP contribution in [0.3, 0.4) is 0 Å². The van der Waals surface area contributed by atoms with Crippen molar-refractivity contribution in [3.05, 3.63) is 64.4 Å². The third kappa shape index (κ3) is 4.98. The average Bonchev–Trinajstić information content (AvgIpc) is 2.48. The minimum atomic E-state index is -0.369. The Morgan fingerprint density at radius 1 is 1.23 bits per heavy atom. The van der Waals surface area contributed by atoms with Crippen molar-refractivity contribution in [3.8, 4) is 5.75 Å². The Morgan fingerprint density at radius 2 is 1.95 bits per heavy atom. The lowest BCUT2D eigenvalue weighted by molar-refractivity contribution is 0.191. The molecule has 0 saturated carbocycles. The van der Waals surface area contributed by atoms with E-state index in [2.05, 4.69) is 5.32 Å². The minimum Gasteiger partial charge on any atom is -0.489 e. The largest absolute Gasteiger partial charge is 0.489 e. The van der Waals surface area contributed by atoms with Crippen molar-refractivity contribution in [1.29, 1.82) is 0 Å². The summed E-state index contributed by atoms with van der Waals surface area (Å²) in [6, 6.07) is 12.1. The summed E-state index contributed by atoms with van der Waals surface area (Å²) in [4.78, 5) is 0. The molecule has 0 spiro atoms. The SMILES string of the molecule is CC(O)CNCc1ccc(OCc2c(F)cccc2Cl)cc1. The summed E-state index contributed by atoms with van der Waals surface area (Å²) >= 11 is 5.95. The first kappa shape index (κ1) is 16.7. The molecule has 0 fully saturated rings. The van der Waals surface area contributed by atoms with E-state index >= 15 is 0 Å². The number of ether oxygens (including phenoxy) is 1. The third-order valence-corrected chi connectivity index (χ3v) is 3.49. The zero-order chi connectivity index (χ0) is 15.9. The van der Waals surface area contributed by atoms with Gasteiger partial charge in [-0.3, -0.25) is 0 Å². The summed E-state index contributed by atoms with van der Waals surface area (Å²) in [6.45, 7) is 3.04. The predicted molar refractivity (Wildman–Crippen MR) is 85.6 cm³/mol. The first-order valence-electron chi connectivity index (χ1n) is 7.09. The fourth-order valence-corrected chi connectivity index (χ4v) is 2.17. The molecule has 1 atom stereocenters. The molecule has 2 N–H and O–H groups in total. The Bertz CT molecular complexity index is 582. The van der Waals surface area contributed by atoms with Gasteiger partial charge in [-0.2, -0.15) is 0 Å². The summed E-state index contributed by atoms with van der Waals surface area (Å²) in [5.41, 5.74) is 1.43. The lowest BCUT2D eigenvalue weighted by atomic mass is 10.2. The summed E-state index contributed by atoms with van der Waals surface area (Å²) in [5.74, 6) is 0.282. The number of nitrogens with one attached hydrogen (secondary N) is 1. The van der Waals surface area contributed by atoms with Crippen molar-refractivity contribution in [3.63, 3.8) is 0 Å². The van der Waals surface area contributed by atoms with Crippen molar-refractivity contribution in [2.75, 3.05) is 6.54 Å². The molecule has 0 aliphatic carbocycles. The van der Waals surface area contributed by atoms with E-state index in [0.29, 0.717) is 29.4 Å². The van der Waals surface area contributed by atoms with Crippen LogP contribution in [0.15, 0.2) is 42.5 Å². The maximum Gasteiger partial charge on any atom is 0.131 e. The van der Waals surface area contributed by atoms with Crippen LogP contribution in [-0.2, 0) is 13.2 Å². The van der Waals surface area contributed by atoms with Gasteiger partial charge in [-0.15, -0.1) is 0 Å². The fraction of sp³-hybridized carbons (Fsp3) is 0.294. The second-order valence-corrected chi connectivity index (χ2v) is 5.52. The van der Waals surface area contributed by atoms with E-state index in [1.165, 1.54) is 6.07 Å². The standard InChI is InChI=1S/C17H19ClFNO2/c1-12(21)9-20-10-13-5-7-14(8-6-13)22-11-15-16(18)3-2-4-17(15)19/h2-8,12,20-21H,9-11H2,1H3. The number of aliphatic hydroxyl groups excluding tert-OH is 1. The monoisotopic (exact) mass is 323 g/mol. The first-order chi connectivity index (χ1) is 10.6. The Kier molecular flexibility index (Phi) is 6.19. The Hall–Kier alpha value is -1.62. The molecule has 0 heterocycles. The van der Waals surface area contributed by atoms with Gasteiger partial charge in [-0.1, -0.05) is 29.8 Å². The summed E-state index contributed by atoms with van der Waals surface area (Å²) in [5, 5.41) is 12.7. The smallest absolute Gasteiger partial charge is 0.131 e. The van der Waals surface area contributed by atoms with E-state index in [9.17, 15) is 9.50 Å². The number of benzene rings is 2. The van der Waals surface area contributed by atoms with E-state index in [1.54, 1.807) is 19.1 Å². The molecule has 1 unspecified atom stereocenters. The topological polar surface area (TPSA) is 41.5 Å². The predicted octanol–water partition coefficient (Wildman–Crippen LogP) is 3.53. The zero-order valence-electron chi connectivity index (χ0n) is 12.4. The van der Waals surface area contributed by atoms with Crippen LogP contribution in [0.25, 0.3) is 0 Å². The molecule has 0 aromatic heterocycles. The van der Waals surface area contributed by atoms with Crippen LogP contribution in [0.5, 0.6) is 5.75 Å². The van der Waals surface area contributed by atoms with Crippen LogP contribution in [0.4, 0.5) is 4.39 Å². The Labute approximate surface area is 134 Å². The number of hydrogen-bond acceptors (Lipinski definition) is 3. The lowest BCUT2D eigenvalue weighted by Crippen LogP contribution is -2.23. The summed E-state index contributed by atoms with van der Waals surface area (Å²) < 4.78 is 19.2. The minimum absolute atomic E-state index is 0.0884. The van der Waals surface area contributed by atoms with Gasteiger partial charge in [0.15, 0.2) is 0 Å². The van der Waals surface area contributed by atoms with Crippen LogP contribution < -0.4 is 10.1 Å². The molecule has 5 heteroatoms. The maximum atomic E-state index is 13.6. The summed E-state index contributed by atoms with van der Waals surface area (Å²) in [6.07, 6.45) is -0.367. The maximum absolute atomic E-state index is 13.6. The van der Waals surface area contributed by atoms with Crippen molar-refractivity contribution in [2.45, 2.75) is 26.2 Å². The third-order valence-electron chi connectivity index (χ3n) is 3.14. The van der Waals surface area contributed by atoms with Crippen LogP contribution in [0.2, 0.25) is 5.02 Å². The van der Waals surface area contributed by atoms with E-state index in [4.69, 9.17) is 16.3 Å². The van der Waals surface area contributed by atoms with Gasteiger partial charge in [0.25, 0.3) is 0 Å². The van der Waals surface area contributed by atoms with Gasteiger partial charge in [-0.05, 0) is 36.8 Å². The molecule has 0 aliphatic heterocycles. The van der Waals surface area contributed by atoms with Crippen molar-refractivity contribution >= 4 is 11.6 Å². The van der Waals surface area contributed by atoms with E-state index < -0.39 is 0 Å². The molecule has 0 saturated heterocycles. The molecular formula is C17H19ClFNO2. The molecule has 0 bridgehead atoms. The van der Waals surface area contributed by atoms with Gasteiger partial charge < -0.3 is 15.2 Å². The first-order valence-corrected chi connectivity index (χ1v) is 7.47. The van der Waals surface area contributed by atoms with Gasteiger partial charge in [0, 0.05) is 18.7 Å². The number of halogens is 2. The van der Waals surface area contributed by atoms with E-state index in [1.807, 2.05) is 24.3 Å². The summed E-state index contributed by atoms with van der Waals surface area (Å²) in [7, 11) is 0. The highest BCUT2D eigenvalue weighted by Gasteiger charge is 2.07. The van der Waals surface area contributed by atoms with Crippen LogP contribution in [-0.4, -0.2) is 17.8 Å². The second kappa shape index (κ2) is 8.13. The normalized spacial score (nSPS) is 12.2. The van der Waals surface area contributed by atoms with Gasteiger partial charge in [0.05, 0.1) is 11.1 Å². The molecule has 0 amide bonds. The Balaban J connectivity index is 1.89. The number of rotatable bonds is 7. The second-order valence-electron chi connectivity index (χ2n) is 5.11. The van der Waals surface area contributed by atoms with Crippen molar-refractivity contribution < 1.29 is 14.2 Å². The molecule has 2 aromatic carbocycles. The van der Waals surface area contributed by atoms with Gasteiger partial charge in [-0.25, -0.2) is 4.39 Å². The van der Waals surface area contributed by atoms with Crippen LogP contribution in [0, 0.1) is 5.82 Å². The molecule has 2 aromatic rings. The average molecular weight is 324 g/mol.